The molecule has 1 saturated heterocycles. The minimum Gasteiger partial charge on any atom is -0.369 e. The Morgan fingerprint density at radius 1 is 0.917 bits per heavy atom. The summed E-state index contributed by atoms with van der Waals surface area (Å²) >= 11 is 0. The van der Waals surface area contributed by atoms with Crippen LogP contribution in [-0.2, 0) is 24.1 Å². The highest BCUT2D eigenvalue weighted by Crippen LogP contribution is 2.33. The Bertz CT molecular complexity index is 1070. The molecule has 4 nitrogen and oxygen atoms in total. The van der Waals surface area contributed by atoms with Crippen LogP contribution in [0.2, 0.25) is 0 Å². The van der Waals surface area contributed by atoms with Gasteiger partial charge in [-0.25, -0.2) is 0 Å². The van der Waals surface area contributed by atoms with E-state index in [4.69, 9.17) is 0 Å². The van der Waals surface area contributed by atoms with Crippen LogP contribution >= 0.6 is 0 Å². The van der Waals surface area contributed by atoms with Crippen molar-refractivity contribution in [3.63, 3.8) is 0 Å². The molecular weight excluding hydrogens is 463 g/mol. The van der Waals surface area contributed by atoms with E-state index in [2.05, 4.69) is 21.9 Å². The van der Waals surface area contributed by atoms with Crippen molar-refractivity contribution in [2.24, 2.45) is 5.92 Å². The molecule has 0 radical (unpaired) electrons. The van der Waals surface area contributed by atoms with Gasteiger partial charge in [0.15, 0.2) is 0 Å². The fourth-order valence-corrected chi connectivity index (χ4v) is 5.71. The summed E-state index contributed by atoms with van der Waals surface area (Å²) in [6.45, 7) is 5.71. The first-order valence-electron chi connectivity index (χ1n) is 13.0. The zero-order chi connectivity index (χ0) is 25.1. The number of carbonyl (C=O) groups is 1. The van der Waals surface area contributed by atoms with Crippen molar-refractivity contribution in [2.75, 3.05) is 37.6 Å². The molecule has 192 valence electrons. The number of carbonyl (C=O) groups excluding carboxylic acids is 1. The van der Waals surface area contributed by atoms with Gasteiger partial charge in [-0.05, 0) is 73.9 Å². The average molecular weight is 498 g/mol. The molecule has 0 unspecified atom stereocenters. The lowest BCUT2D eigenvalue weighted by molar-refractivity contribution is -0.137. The van der Waals surface area contributed by atoms with Crippen LogP contribution in [0.5, 0.6) is 0 Å². The molecule has 0 spiro atoms. The maximum absolute atomic E-state index is 13.0. The van der Waals surface area contributed by atoms with E-state index in [0.29, 0.717) is 24.7 Å². The van der Waals surface area contributed by atoms with Crippen molar-refractivity contribution in [2.45, 2.75) is 51.4 Å². The molecule has 2 aromatic carbocycles. The van der Waals surface area contributed by atoms with E-state index in [1.807, 2.05) is 23.1 Å². The van der Waals surface area contributed by atoms with Crippen LogP contribution in [0.15, 0.2) is 60.2 Å². The predicted molar refractivity (Wildman–Crippen MR) is 135 cm³/mol. The number of amides is 1. The van der Waals surface area contributed by atoms with E-state index in [1.165, 1.54) is 28.8 Å². The van der Waals surface area contributed by atoms with Gasteiger partial charge in [-0.15, -0.1) is 0 Å². The summed E-state index contributed by atoms with van der Waals surface area (Å²) in [6, 6.07) is 13.9. The lowest BCUT2D eigenvalue weighted by Gasteiger charge is -2.37. The number of nitrogens with zero attached hydrogens (tertiary/aromatic N) is 3. The van der Waals surface area contributed by atoms with Crippen LogP contribution in [0.3, 0.4) is 0 Å². The molecule has 0 bridgehead atoms. The topological polar surface area (TPSA) is 26.8 Å². The summed E-state index contributed by atoms with van der Waals surface area (Å²) in [4.78, 5) is 19.2. The molecule has 0 N–H and O–H groups in total. The number of alkyl halides is 3. The Balaban J connectivity index is 1.03. The van der Waals surface area contributed by atoms with Gasteiger partial charge < -0.3 is 9.80 Å². The molecular formula is C29H34F3N3O. The van der Waals surface area contributed by atoms with Crippen molar-refractivity contribution in [3.8, 4) is 0 Å². The van der Waals surface area contributed by atoms with Crippen LogP contribution in [0, 0.1) is 5.92 Å². The van der Waals surface area contributed by atoms with Crippen LogP contribution < -0.4 is 4.90 Å². The molecule has 0 atom stereocenters. The molecule has 0 aromatic heterocycles. The summed E-state index contributed by atoms with van der Waals surface area (Å²) in [7, 11) is 0. The standard InChI is InChI=1S/C29H34F3N3O/c30-29(31,32)26-6-3-7-27(19-26)34-16-14-33(15-17-34)13-12-22-8-10-23(11-9-22)18-28(36)35-20-24-4-1-2-5-25(24)21-35/h1-7,18-19,22H,8-17,20-21H2. The lowest BCUT2D eigenvalue weighted by Crippen LogP contribution is -2.47. The van der Waals surface area contributed by atoms with Gasteiger partial charge in [0.25, 0.3) is 0 Å². The Morgan fingerprint density at radius 2 is 1.58 bits per heavy atom. The second-order valence-corrected chi connectivity index (χ2v) is 10.4. The van der Waals surface area contributed by atoms with Gasteiger partial charge in [0.2, 0.25) is 5.91 Å². The smallest absolute Gasteiger partial charge is 0.369 e. The van der Waals surface area contributed by atoms with Crippen LogP contribution in [0.4, 0.5) is 18.9 Å². The van der Waals surface area contributed by atoms with Crippen molar-refractivity contribution < 1.29 is 18.0 Å². The molecule has 2 aromatic rings. The van der Waals surface area contributed by atoms with Gasteiger partial charge in [-0.2, -0.15) is 13.2 Å². The van der Waals surface area contributed by atoms with E-state index in [9.17, 15) is 18.0 Å². The van der Waals surface area contributed by atoms with Gasteiger partial charge >= 0.3 is 6.18 Å². The quantitative estimate of drug-likeness (QED) is 0.483. The second-order valence-electron chi connectivity index (χ2n) is 10.4. The molecule has 5 rings (SSSR count). The number of hydrogen-bond donors (Lipinski definition) is 0. The first-order valence-corrected chi connectivity index (χ1v) is 13.0. The molecule has 2 fully saturated rings. The minimum atomic E-state index is -4.31. The van der Waals surface area contributed by atoms with E-state index in [0.717, 1.165) is 70.9 Å². The minimum absolute atomic E-state index is 0.137. The van der Waals surface area contributed by atoms with E-state index in [1.54, 1.807) is 6.07 Å². The molecule has 1 saturated carbocycles. The molecule has 3 aliphatic rings. The zero-order valence-corrected chi connectivity index (χ0v) is 20.6. The third-order valence-electron chi connectivity index (χ3n) is 7.99. The Morgan fingerprint density at radius 3 is 2.22 bits per heavy atom. The average Bonchev–Trinajstić information content (AvgIpc) is 3.33. The lowest BCUT2D eigenvalue weighted by atomic mass is 9.83. The third kappa shape index (κ3) is 5.94. The molecule has 2 heterocycles. The molecule has 1 amide bonds. The number of piperazine rings is 1. The molecule has 1 aliphatic carbocycles. The normalized spacial score (nSPS) is 21.0. The highest BCUT2D eigenvalue weighted by Gasteiger charge is 2.31. The monoisotopic (exact) mass is 497 g/mol. The van der Waals surface area contributed by atoms with Gasteiger partial charge in [0.05, 0.1) is 5.56 Å². The number of halogens is 3. The maximum Gasteiger partial charge on any atom is 0.416 e. The summed E-state index contributed by atoms with van der Waals surface area (Å²) < 4.78 is 39.1. The van der Waals surface area contributed by atoms with Gasteiger partial charge in [-0.3, -0.25) is 9.69 Å². The van der Waals surface area contributed by atoms with E-state index in [-0.39, 0.29) is 5.91 Å². The molecule has 7 heteroatoms. The Hall–Kier alpha value is -2.80. The molecule has 36 heavy (non-hydrogen) atoms. The summed E-state index contributed by atoms with van der Waals surface area (Å²) in [6.07, 6.45) is 2.98. The van der Waals surface area contributed by atoms with Crippen LogP contribution in [-0.4, -0.2) is 48.4 Å². The largest absolute Gasteiger partial charge is 0.416 e. The highest BCUT2D eigenvalue weighted by atomic mass is 19.4. The number of benzene rings is 2. The summed E-state index contributed by atoms with van der Waals surface area (Å²) in [5, 5.41) is 0. The van der Waals surface area contributed by atoms with Crippen molar-refractivity contribution >= 4 is 11.6 Å². The van der Waals surface area contributed by atoms with E-state index < -0.39 is 11.7 Å². The van der Waals surface area contributed by atoms with Crippen LogP contribution in [0.1, 0.15) is 48.8 Å². The number of allylic oxidation sites excluding steroid dienone is 1. The maximum atomic E-state index is 13.0. The predicted octanol–water partition coefficient (Wildman–Crippen LogP) is 5.88. The number of fused-ring (bicyclic) bond motifs is 1. The van der Waals surface area contributed by atoms with Gasteiger partial charge in [0.1, 0.15) is 0 Å². The van der Waals surface area contributed by atoms with Crippen molar-refractivity contribution in [1.29, 1.82) is 0 Å². The van der Waals surface area contributed by atoms with Crippen molar-refractivity contribution in [3.05, 3.63) is 76.9 Å². The third-order valence-corrected chi connectivity index (χ3v) is 7.99. The first kappa shape index (κ1) is 24.9. The molecule has 2 aliphatic heterocycles. The Labute approximate surface area is 211 Å². The first-order chi connectivity index (χ1) is 17.3. The highest BCUT2D eigenvalue weighted by molar-refractivity contribution is 5.88. The summed E-state index contributed by atoms with van der Waals surface area (Å²) in [5.74, 6) is 0.813. The zero-order valence-electron chi connectivity index (χ0n) is 20.6. The number of anilines is 1. The fraction of sp³-hybridized carbons (Fsp3) is 0.483. The SMILES string of the molecule is O=C(C=C1CCC(CCN2CCN(c3cccc(C(F)(F)F)c3)CC2)CC1)N1Cc2ccccc2C1. The second kappa shape index (κ2) is 10.7. The van der Waals surface area contributed by atoms with E-state index >= 15 is 0 Å². The van der Waals surface area contributed by atoms with Gasteiger partial charge in [0, 0.05) is 51.0 Å². The number of rotatable bonds is 5. The van der Waals surface area contributed by atoms with Crippen LogP contribution in [0.25, 0.3) is 0 Å². The Kier molecular flexibility index (Phi) is 7.37. The fourth-order valence-electron chi connectivity index (χ4n) is 5.71. The van der Waals surface area contributed by atoms with Crippen molar-refractivity contribution in [1.82, 2.24) is 9.80 Å². The summed E-state index contributed by atoms with van der Waals surface area (Å²) in [5.41, 5.74) is 3.86. The van der Waals surface area contributed by atoms with Gasteiger partial charge in [-0.1, -0.05) is 35.9 Å². The number of hydrogen-bond acceptors (Lipinski definition) is 3.